The number of thiophene rings is 1. The van der Waals surface area contributed by atoms with Gasteiger partial charge in [0.1, 0.15) is 0 Å². The quantitative estimate of drug-likeness (QED) is 0.631. The monoisotopic (exact) mass is 338 g/mol. The fourth-order valence-corrected chi connectivity index (χ4v) is 3.71. The van der Waals surface area contributed by atoms with Crippen molar-refractivity contribution in [2.45, 2.75) is 26.3 Å². The number of hydrogen-bond donors (Lipinski definition) is 2. The molecule has 0 spiro atoms. The van der Waals surface area contributed by atoms with Crippen molar-refractivity contribution in [3.05, 3.63) is 56.2 Å². The van der Waals surface area contributed by atoms with Gasteiger partial charge in [-0.2, -0.15) is 0 Å². The molecule has 0 bridgehead atoms. The topological polar surface area (TPSA) is 38.0 Å². The molecule has 0 aliphatic rings. The Morgan fingerprint density at radius 1 is 1.26 bits per heavy atom. The zero-order valence-corrected chi connectivity index (χ0v) is 13.6. The Balaban J connectivity index is 2.28. The van der Waals surface area contributed by atoms with Crippen molar-refractivity contribution in [1.82, 2.24) is 5.43 Å². The molecule has 1 atom stereocenters. The summed E-state index contributed by atoms with van der Waals surface area (Å²) in [5.41, 5.74) is 5.50. The van der Waals surface area contributed by atoms with Crippen molar-refractivity contribution in [3.63, 3.8) is 0 Å². The molecule has 1 unspecified atom stereocenters. The van der Waals surface area contributed by atoms with Crippen molar-refractivity contribution in [2.75, 3.05) is 0 Å². The van der Waals surface area contributed by atoms with Crippen molar-refractivity contribution in [1.29, 1.82) is 0 Å². The standard InChI is InChI=1S/C15H19BrN2S/c1-10(2)8-11-4-3-5-12(9-11)15(18-17)13-6-7-14(16)19-13/h3-7,9-10,15,18H,8,17H2,1-2H3. The second kappa shape index (κ2) is 6.66. The van der Waals surface area contributed by atoms with E-state index in [-0.39, 0.29) is 6.04 Å². The number of nitrogens with one attached hydrogen (secondary N) is 1. The van der Waals surface area contributed by atoms with Crippen molar-refractivity contribution in [2.24, 2.45) is 11.8 Å². The van der Waals surface area contributed by atoms with Gasteiger partial charge in [-0.25, -0.2) is 5.43 Å². The summed E-state index contributed by atoms with van der Waals surface area (Å²) in [4.78, 5) is 1.22. The largest absolute Gasteiger partial charge is 0.271 e. The molecule has 102 valence electrons. The normalized spacial score (nSPS) is 12.9. The van der Waals surface area contributed by atoms with Gasteiger partial charge in [0.05, 0.1) is 9.83 Å². The first-order chi connectivity index (χ1) is 9.10. The van der Waals surface area contributed by atoms with Crippen LogP contribution in [0.4, 0.5) is 0 Å². The maximum absolute atomic E-state index is 5.74. The molecule has 1 aromatic heterocycles. The lowest BCUT2D eigenvalue weighted by atomic mass is 9.98. The molecule has 4 heteroatoms. The summed E-state index contributed by atoms with van der Waals surface area (Å²) in [5.74, 6) is 6.40. The molecule has 0 radical (unpaired) electrons. The maximum Gasteiger partial charge on any atom is 0.0803 e. The highest BCUT2D eigenvalue weighted by atomic mass is 79.9. The van der Waals surface area contributed by atoms with Gasteiger partial charge in [0.15, 0.2) is 0 Å². The van der Waals surface area contributed by atoms with E-state index in [1.165, 1.54) is 16.0 Å². The lowest BCUT2D eigenvalue weighted by Gasteiger charge is -2.16. The first-order valence-corrected chi connectivity index (χ1v) is 8.01. The van der Waals surface area contributed by atoms with Crippen molar-refractivity contribution >= 4 is 27.3 Å². The van der Waals surface area contributed by atoms with E-state index in [0.29, 0.717) is 5.92 Å². The van der Waals surface area contributed by atoms with Gasteiger partial charge < -0.3 is 0 Å². The van der Waals surface area contributed by atoms with Crippen LogP contribution in [0, 0.1) is 5.92 Å². The Hall–Kier alpha value is -0.680. The first kappa shape index (κ1) is 14.7. The summed E-state index contributed by atoms with van der Waals surface area (Å²) < 4.78 is 1.13. The molecule has 3 N–H and O–H groups in total. The summed E-state index contributed by atoms with van der Waals surface area (Å²) in [6.07, 6.45) is 1.10. The van der Waals surface area contributed by atoms with Gasteiger partial charge in [-0.1, -0.05) is 38.1 Å². The van der Waals surface area contributed by atoms with Crippen LogP contribution in [0.25, 0.3) is 0 Å². The molecule has 0 saturated heterocycles. The smallest absolute Gasteiger partial charge is 0.0803 e. The minimum Gasteiger partial charge on any atom is -0.271 e. The predicted molar refractivity (Wildman–Crippen MR) is 86.2 cm³/mol. The lowest BCUT2D eigenvalue weighted by Crippen LogP contribution is -2.28. The van der Waals surface area contributed by atoms with E-state index in [1.807, 2.05) is 0 Å². The summed E-state index contributed by atoms with van der Waals surface area (Å²) in [6, 6.07) is 12.9. The first-order valence-electron chi connectivity index (χ1n) is 6.40. The number of rotatable bonds is 5. The summed E-state index contributed by atoms with van der Waals surface area (Å²) in [6.45, 7) is 4.48. The maximum atomic E-state index is 5.74. The number of halogens is 1. The minimum atomic E-state index is 0.0587. The summed E-state index contributed by atoms with van der Waals surface area (Å²) in [5, 5.41) is 0. The highest BCUT2D eigenvalue weighted by Crippen LogP contribution is 2.31. The zero-order valence-electron chi connectivity index (χ0n) is 11.2. The zero-order chi connectivity index (χ0) is 13.8. The van der Waals surface area contributed by atoms with Gasteiger partial charge in [0, 0.05) is 4.88 Å². The number of benzene rings is 1. The molecule has 0 aliphatic carbocycles. The Morgan fingerprint density at radius 2 is 2.05 bits per heavy atom. The average Bonchev–Trinajstić information content (AvgIpc) is 2.76. The van der Waals surface area contributed by atoms with Gasteiger partial charge in [0.25, 0.3) is 0 Å². The van der Waals surface area contributed by atoms with Crippen LogP contribution in [-0.4, -0.2) is 0 Å². The van der Waals surface area contributed by atoms with E-state index in [0.717, 1.165) is 10.2 Å². The Labute approximate surface area is 127 Å². The second-order valence-corrected chi connectivity index (χ2v) is 7.58. The highest BCUT2D eigenvalue weighted by Gasteiger charge is 2.15. The van der Waals surface area contributed by atoms with Crippen molar-refractivity contribution < 1.29 is 0 Å². The van der Waals surface area contributed by atoms with Gasteiger partial charge in [0.2, 0.25) is 0 Å². The summed E-state index contributed by atoms with van der Waals surface area (Å²) in [7, 11) is 0. The fourth-order valence-electron chi connectivity index (χ4n) is 2.20. The van der Waals surface area contributed by atoms with E-state index in [4.69, 9.17) is 5.84 Å². The van der Waals surface area contributed by atoms with Crippen molar-refractivity contribution in [3.8, 4) is 0 Å². The molecule has 1 aromatic carbocycles. The fraction of sp³-hybridized carbons (Fsp3) is 0.333. The molecule has 0 saturated carbocycles. The molecule has 2 rings (SSSR count). The Kier molecular flexibility index (Phi) is 5.16. The lowest BCUT2D eigenvalue weighted by molar-refractivity contribution is 0.633. The number of nitrogens with two attached hydrogens (primary N) is 1. The van der Waals surface area contributed by atoms with Gasteiger partial charge >= 0.3 is 0 Å². The van der Waals surface area contributed by atoms with Crippen LogP contribution < -0.4 is 11.3 Å². The van der Waals surface area contributed by atoms with E-state index < -0.39 is 0 Å². The molecule has 1 heterocycles. The predicted octanol–water partition coefficient (Wildman–Crippen LogP) is 4.26. The molecule has 19 heavy (non-hydrogen) atoms. The third kappa shape index (κ3) is 3.89. The van der Waals surface area contributed by atoms with Crippen LogP contribution in [0.3, 0.4) is 0 Å². The second-order valence-electron chi connectivity index (χ2n) is 5.08. The average molecular weight is 339 g/mol. The van der Waals surface area contributed by atoms with Crippen LogP contribution in [-0.2, 0) is 6.42 Å². The number of hydrogen-bond acceptors (Lipinski definition) is 3. The van der Waals surface area contributed by atoms with E-state index >= 15 is 0 Å². The van der Waals surface area contributed by atoms with E-state index in [2.05, 4.69) is 71.6 Å². The van der Waals surface area contributed by atoms with Crippen LogP contribution in [0.15, 0.2) is 40.2 Å². The molecule has 0 fully saturated rings. The SMILES string of the molecule is CC(C)Cc1cccc(C(NN)c2ccc(Br)s2)c1. The van der Waals surface area contributed by atoms with E-state index in [1.54, 1.807) is 11.3 Å². The molecule has 2 nitrogen and oxygen atoms in total. The van der Waals surface area contributed by atoms with Gasteiger partial charge in [-0.05, 0) is 51.5 Å². The van der Waals surface area contributed by atoms with Crippen LogP contribution in [0.1, 0.15) is 35.9 Å². The van der Waals surface area contributed by atoms with Crippen LogP contribution >= 0.6 is 27.3 Å². The highest BCUT2D eigenvalue weighted by molar-refractivity contribution is 9.11. The van der Waals surface area contributed by atoms with Gasteiger partial charge in [-0.15, -0.1) is 11.3 Å². The van der Waals surface area contributed by atoms with Gasteiger partial charge in [-0.3, -0.25) is 5.84 Å². The molecular formula is C15H19BrN2S. The van der Waals surface area contributed by atoms with Crippen LogP contribution in [0.2, 0.25) is 0 Å². The Morgan fingerprint density at radius 3 is 2.63 bits per heavy atom. The molecular weight excluding hydrogens is 320 g/mol. The third-order valence-electron chi connectivity index (χ3n) is 2.97. The Bertz CT molecular complexity index is 536. The molecule has 0 amide bonds. The summed E-state index contributed by atoms with van der Waals surface area (Å²) >= 11 is 5.21. The van der Waals surface area contributed by atoms with Crippen LogP contribution in [0.5, 0.6) is 0 Å². The molecule has 2 aromatic rings. The molecule has 0 aliphatic heterocycles. The van der Waals surface area contributed by atoms with E-state index in [9.17, 15) is 0 Å². The minimum absolute atomic E-state index is 0.0587. The number of hydrazine groups is 1. The third-order valence-corrected chi connectivity index (χ3v) is 4.66.